The van der Waals surface area contributed by atoms with Crippen LogP contribution in [0.15, 0.2) is 40.6 Å². The molecule has 0 atom stereocenters. The molecule has 5 nitrogen and oxygen atoms in total. The predicted octanol–water partition coefficient (Wildman–Crippen LogP) is 2.23. The molecule has 20 heavy (non-hydrogen) atoms. The van der Waals surface area contributed by atoms with Crippen molar-refractivity contribution in [2.24, 2.45) is 0 Å². The fourth-order valence-electron chi connectivity index (χ4n) is 1.79. The highest BCUT2D eigenvalue weighted by Crippen LogP contribution is 2.19. The van der Waals surface area contributed by atoms with Gasteiger partial charge in [0.05, 0.1) is 10.5 Å². The van der Waals surface area contributed by atoms with Crippen molar-refractivity contribution in [3.05, 3.63) is 51.7 Å². The minimum atomic E-state index is -3.73. The van der Waals surface area contributed by atoms with Gasteiger partial charge < -0.3 is 5.11 Å². The fourth-order valence-corrected chi connectivity index (χ4v) is 3.80. The molecule has 106 valence electrons. The monoisotopic (exact) mass is 311 g/mol. The molecule has 0 bridgehead atoms. The van der Waals surface area contributed by atoms with E-state index in [2.05, 4.69) is 4.72 Å². The van der Waals surface area contributed by atoms with E-state index in [0.29, 0.717) is 0 Å². The highest BCUT2D eigenvalue weighted by Gasteiger charge is 2.20. The first-order valence-corrected chi connectivity index (χ1v) is 8.13. The number of thiophene rings is 1. The van der Waals surface area contributed by atoms with E-state index in [-0.39, 0.29) is 22.6 Å². The van der Waals surface area contributed by atoms with Crippen LogP contribution in [0.1, 0.15) is 20.8 Å². The third-order valence-corrected chi connectivity index (χ3v) is 5.24. The van der Waals surface area contributed by atoms with Gasteiger partial charge in [0.1, 0.15) is 0 Å². The van der Waals surface area contributed by atoms with Gasteiger partial charge in [0, 0.05) is 11.4 Å². The molecule has 0 amide bonds. The Hall–Kier alpha value is -1.70. The second-order valence-electron chi connectivity index (χ2n) is 4.14. The summed E-state index contributed by atoms with van der Waals surface area (Å²) in [6, 6.07) is 7.88. The molecule has 0 saturated heterocycles. The van der Waals surface area contributed by atoms with Gasteiger partial charge in [-0.15, -0.1) is 11.3 Å². The molecule has 0 fully saturated rings. The van der Waals surface area contributed by atoms with Gasteiger partial charge in [-0.2, -0.15) is 0 Å². The van der Waals surface area contributed by atoms with Gasteiger partial charge in [-0.3, -0.25) is 0 Å². The van der Waals surface area contributed by atoms with Crippen molar-refractivity contribution in [2.75, 3.05) is 0 Å². The van der Waals surface area contributed by atoms with Crippen LogP contribution in [0.25, 0.3) is 0 Å². The Morgan fingerprint density at radius 2 is 2.05 bits per heavy atom. The molecular formula is C13H13NO4S2. The van der Waals surface area contributed by atoms with Gasteiger partial charge in [0.25, 0.3) is 0 Å². The summed E-state index contributed by atoms with van der Waals surface area (Å²) in [5.41, 5.74) is 0.225. The lowest BCUT2D eigenvalue weighted by Gasteiger charge is -2.10. The fraction of sp³-hybridized carbons (Fsp3) is 0.154. The van der Waals surface area contributed by atoms with Crippen LogP contribution in [0, 0.1) is 6.92 Å². The van der Waals surface area contributed by atoms with Crippen LogP contribution >= 0.6 is 11.3 Å². The van der Waals surface area contributed by atoms with Crippen LogP contribution in [0.4, 0.5) is 0 Å². The highest BCUT2D eigenvalue weighted by atomic mass is 32.2. The molecule has 2 aromatic rings. The number of carbonyl (C=O) groups is 1. The third-order valence-electron chi connectivity index (χ3n) is 2.82. The number of nitrogens with one attached hydrogen (secondary N) is 1. The van der Waals surface area contributed by atoms with E-state index < -0.39 is 16.0 Å². The SMILES string of the molecule is Cc1c(C(=O)O)cccc1S(=O)(=O)NCc1cccs1. The Balaban J connectivity index is 2.30. The molecule has 0 aliphatic heterocycles. The van der Waals surface area contributed by atoms with Crippen molar-refractivity contribution >= 4 is 27.3 Å². The minimum Gasteiger partial charge on any atom is -0.478 e. The third kappa shape index (κ3) is 3.06. The Morgan fingerprint density at radius 3 is 2.65 bits per heavy atom. The summed E-state index contributed by atoms with van der Waals surface area (Å²) < 4.78 is 26.9. The van der Waals surface area contributed by atoms with Gasteiger partial charge in [0.2, 0.25) is 10.0 Å². The van der Waals surface area contributed by atoms with Gasteiger partial charge in [-0.05, 0) is 36.1 Å². The lowest BCUT2D eigenvalue weighted by atomic mass is 10.1. The van der Waals surface area contributed by atoms with Gasteiger partial charge >= 0.3 is 5.97 Å². The van der Waals surface area contributed by atoms with Crippen LogP contribution in [0.3, 0.4) is 0 Å². The average molecular weight is 311 g/mol. The number of hydrogen-bond acceptors (Lipinski definition) is 4. The zero-order valence-electron chi connectivity index (χ0n) is 10.7. The molecule has 1 aromatic carbocycles. The number of benzene rings is 1. The average Bonchev–Trinajstić information content (AvgIpc) is 2.89. The van der Waals surface area contributed by atoms with Crippen LogP contribution in [0.5, 0.6) is 0 Å². The second kappa shape index (κ2) is 5.74. The number of sulfonamides is 1. The maximum Gasteiger partial charge on any atom is 0.335 e. The molecule has 2 N–H and O–H groups in total. The van der Waals surface area contributed by atoms with Crippen molar-refractivity contribution in [1.82, 2.24) is 4.72 Å². The second-order valence-corrected chi connectivity index (χ2v) is 6.91. The summed E-state index contributed by atoms with van der Waals surface area (Å²) in [6.07, 6.45) is 0. The Kier molecular flexibility index (Phi) is 4.22. The summed E-state index contributed by atoms with van der Waals surface area (Å²) in [6.45, 7) is 1.68. The molecule has 2 rings (SSSR count). The molecule has 0 aliphatic rings. The van der Waals surface area contributed by atoms with Crippen LogP contribution in [0.2, 0.25) is 0 Å². The summed E-state index contributed by atoms with van der Waals surface area (Å²) >= 11 is 1.45. The highest BCUT2D eigenvalue weighted by molar-refractivity contribution is 7.89. The number of rotatable bonds is 5. The van der Waals surface area contributed by atoms with Gasteiger partial charge in [-0.25, -0.2) is 17.9 Å². The quantitative estimate of drug-likeness (QED) is 0.887. The first kappa shape index (κ1) is 14.7. The van der Waals surface area contributed by atoms with E-state index >= 15 is 0 Å². The van der Waals surface area contributed by atoms with E-state index in [1.54, 1.807) is 0 Å². The van der Waals surface area contributed by atoms with Crippen molar-refractivity contribution in [2.45, 2.75) is 18.4 Å². The molecule has 1 heterocycles. The zero-order valence-corrected chi connectivity index (χ0v) is 12.3. The number of carboxylic acid groups (broad SMARTS) is 1. The largest absolute Gasteiger partial charge is 0.478 e. The maximum absolute atomic E-state index is 12.2. The molecule has 7 heteroatoms. The van der Waals surface area contributed by atoms with E-state index in [4.69, 9.17) is 5.11 Å². The summed E-state index contributed by atoms with van der Waals surface area (Å²) in [5, 5.41) is 10.9. The molecule has 0 saturated carbocycles. The lowest BCUT2D eigenvalue weighted by Crippen LogP contribution is -2.24. The lowest BCUT2D eigenvalue weighted by molar-refractivity contribution is 0.0696. The topological polar surface area (TPSA) is 83.5 Å². The van der Waals surface area contributed by atoms with E-state index in [9.17, 15) is 13.2 Å². The first-order valence-electron chi connectivity index (χ1n) is 5.77. The summed E-state index contributed by atoms with van der Waals surface area (Å²) in [4.78, 5) is 11.9. The molecule has 0 spiro atoms. The van der Waals surface area contributed by atoms with Gasteiger partial charge in [-0.1, -0.05) is 12.1 Å². The van der Waals surface area contributed by atoms with E-state index in [0.717, 1.165) is 4.88 Å². The summed E-state index contributed by atoms with van der Waals surface area (Å²) in [7, 11) is -3.73. The van der Waals surface area contributed by atoms with Crippen molar-refractivity contribution in [3.63, 3.8) is 0 Å². The molecule has 0 aliphatic carbocycles. The van der Waals surface area contributed by atoms with E-state index in [1.165, 1.54) is 36.5 Å². The molecular weight excluding hydrogens is 298 g/mol. The first-order chi connectivity index (χ1) is 9.42. The van der Waals surface area contributed by atoms with Crippen LogP contribution in [-0.4, -0.2) is 19.5 Å². The Bertz CT molecular complexity index is 721. The zero-order chi connectivity index (χ0) is 14.8. The maximum atomic E-state index is 12.2. The van der Waals surface area contributed by atoms with Crippen LogP contribution < -0.4 is 4.72 Å². The number of aromatic carboxylic acids is 1. The molecule has 0 radical (unpaired) electrons. The number of carboxylic acids is 1. The standard InChI is InChI=1S/C13H13NO4S2/c1-9-11(13(15)16)5-2-6-12(9)20(17,18)14-8-10-4-3-7-19-10/h2-7,14H,8H2,1H3,(H,15,16). The molecule has 0 unspecified atom stereocenters. The summed E-state index contributed by atoms with van der Waals surface area (Å²) in [5.74, 6) is -1.14. The van der Waals surface area contributed by atoms with Crippen molar-refractivity contribution in [3.8, 4) is 0 Å². The van der Waals surface area contributed by atoms with Crippen molar-refractivity contribution in [1.29, 1.82) is 0 Å². The Labute approximate surface area is 120 Å². The van der Waals surface area contributed by atoms with Gasteiger partial charge in [0.15, 0.2) is 0 Å². The van der Waals surface area contributed by atoms with E-state index in [1.807, 2.05) is 17.5 Å². The minimum absolute atomic E-state index is 0.00560. The normalized spacial score (nSPS) is 11.4. The number of hydrogen-bond donors (Lipinski definition) is 2. The smallest absolute Gasteiger partial charge is 0.335 e. The Morgan fingerprint density at radius 1 is 1.30 bits per heavy atom. The van der Waals surface area contributed by atoms with Crippen molar-refractivity contribution < 1.29 is 18.3 Å². The predicted molar refractivity (Wildman–Crippen MR) is 76.5 cm³/mol. The van der Waals surface area contributed by atoms with Crippen LogP contribution in [-0.2, 0) is 16.6 Å². The molecule has 1 aromatic heterocycles.